The first-order valence-electron chi connectivity index (χ1n) is 6.66. The molecule has 0 amide bonds. The minimum atomic E-state index is 0.247. The zero-order valence-corrected chi connectivity index (χ0v) is 12.0. The second-order valence-corrected chi connectivity index (χ2v) is 5.94. The summed E-state index contributed by atoms with van der Waals surface area (Å²) in [5.41, 5.74) is 4.67. The van der Waals surface area contributed by atoms with E-state index in [2.05, 4.69) is 65.0 Å². The van der Waals surface area contributed by atoms with Crippen LogP contribution in [-0.4, -0.2) is 0 Å². The lowest BCUT2D eigenvalue weighted by atomic mass is 9.86. The van der Waals surface area contributed by atoms with Gasteiger partial charge in [0.05, 0.1) is 0 Å². The van der Waals surface area contributed by atoms with Gasteiger partial charge in [0, 0.05) is 0 Å². The summed E-state index contributed by atoms with van der Waals surface area (Å²) < 4.78 is 0. The molecule has 0 saturated carbocycles. The van der Waals surface area contributed by atoms with Gasteiger partial charge < -0.3 is 0 Å². The van der Waals surface area contributed by atoms with E-state index in [1.165, 1.54) is 16.7 Å². The Morgan fingerprint density at radius 1 is 1.29 bits per heavy atom. The molecular weight excluding hydrogens is 204 g/mol. The van der Waals surface area contributed by atoms with Gasteiger partial charge in [-0.25, -0.2) is 0 Å². The van der Waals surface area contributed by atoms with E-state index in [0.717, 1.165) is 19.3 Å². The first-order valence-corrected chi connectivity index (χ1v) is 6.66. The Morgan fingerprint density at radius 2 is 2.00 bits per heavy atom. The van der Waals surface area contributed by atoms with Gasteiger partial charge in [-0.15, -0.1) is 0 Å². The SMILES string of the molecule is CC/C=C(/C)CC1=CC=C(C(C)(C)C)C=CC1. The Hall–Kier alpha value is -1.04. The number of hydrogen-bond donors (Lipinski definition) is 0. The van der Waals surface area contributed by atoms with E-state index in [-0.39, 0.29) is 5.41 Å². The van der Waals surface area contributed by atoms with Crippen molar-refractivity contribution in [1.29, 1.82) is 0 Å². The van der Waals surface area contributed by atoms with Gasteiger partial charge in [-0.1, -0.05) is 69.2 Å². The van der Waals surface area contributed by atoms with E-state index in [1.54, 1.807) is 0 Å². The summed E-state index contributed by atoms with van der Waals surface area (Å²) in [6, 6.07) is 0. The van der Waals surface area contributed by atoms with E-state index >= 15 is 0 Å². The maximum atomic E-state index is 2.32. The summed E-state index contributed by atoms with van der Waals surface area (Å²) >= 11 is 0. The van der Waals surface area contributed by atoms with Crippen LogP contribution in [0.15, 0.2) is 47.1 Å². The van der Waals surface area contributed by atoms with Gasteiger partial charge in [0.1, 0.15) is 0 Å². The topological polar surface area (TPSA) is 0 Å². The highest BCUT2D eigenvalue weighted by atomic mass is 14.2. The molecule has 0 aromatic rings. The van der Waals surface area contributed by atoms with Crippen LogP contribution in [0.25, 0.3) is 0 Å². The molecule has 1 aliphatic carbocycles. The molecule has 0 aromatic heterocycles. The lowest BCUT2D eigenvalue weighted by Crippen LogP contribution is -2.06. The predicted molar refractivity (Wildman–Crippen MR) is 78.0 cm³/mol. The molecule has 94 valence electrons. The van der Waals surface area contributed by atoms with E-state index in [4.69, 9.17) is 0 Å². The number of allylic oxidation sites excluding steroid dienone is 8. The minimum absolute atomic E-state index is 0.247. The molecule has 0 N–H and O–H groups in total. The van der Waals surface area contributed by atoms with Crippen molar-refractivity contribution in [1.82, 2.24) is 0 Å². The molecule has 1 rings (SSSR count). The van der Waals surface area contributed by atoms with Crippen LogP contribution in [0.3, 0.4) is 0 Å². The Morgan fingerprint density at radius 3 is 2.59 bits per heavy atom. The largest absolute Gasteiger partial charge is 0.0856 e. The van der Waals surface area contributed by atoms with Gasteiger partial charge in [-0.3, -0.25) is 0 Å². The molecule has 0 fully saturated rings. The molecular formula is C17H26. The highest BCUT2D eigenvalue weighted by Gasteiger charge is 2.14. The third-order valence-electron chi connectivity index (χ3n) is 3.10. The average molecular weight is 230 g/mol. The molecule has 17 heavy (non-hydrogen) atoms. The van der Waals surface area contributed by atoms with Crippen LogP contribution in [-0.2, 0) is 0 Å². The van der Waals surface area contributed by atoms with Crippen molar-refractivity contribution in [2.24, 2.45) is 5.41 Å². The summed E-state index contributed by atoms with van der Waals surface area (Å²) in [5, 5.41) is 0. The fourth-order valence-corrected chi connectivity index (χ4v) is 2.08. The minimum Gasteiger partial charge on any atom is -0.0856 e. The Bertz CT molecular complexity index is 367. The van der Waals surface area contributed by atoms with Gasteiger partial charge in [0.15, 0.2) is 0 Å². The second kappa shape index (κ2) is 6.05. The Kier molecular flexibility index (Phi) is 4.99. The Labute approximate surface area is 107 Å². The van der Waals surface area contributed by atoms with Crippen molar-refractivity contribution >= 4 is 0 Å². The molecule has 0 unspecified atom stereocenters. The van der Waals surface area contributed by atoms with Gasteiger partial charge in [-0.2, -0.15) is 0 Å². The molecule has 0 aromatic carbocycles. The van der Waals surface area contributed by atoms with E-state index in [9.17, 15) is 0 Å². The first-order chi connectivity index (χ1) is 7.93. The van der Waals surface area contributed by atoms with Crippen LogP contribution in [0.4, 0.5) is 0 Å². The maximum absolute atomic E-state index is 2.32. The fraction of sp³-hybridized carbons (Fsp3) is 0.529. The molecule has 0 radical (unpaired) electrons. The van der Waals surface area contributed by atoms with Crippen molar-refractivity contribution in [3.63, 3.8) is 0 Å². The summed E-state index contributed by atoms with van der Waals surface area (Å²) in [6.45, 7) is 11.2. The molecule has 0 saturated heterocycles. The van der Waals surface area contributed by atoms with Gasteiger partial charge in [0.25, 0.3) is 0 Å². The highest BCUT2D eigenvalue weighted by molar-refractivity contribution is 5.35. The first kappa shape index (κ1) is 14.0. The fourth-order valence-electron chi connectivity index (χ4n) is 2.08. The number of hydrogen-bond acceptors (Lipinski definition) is 0. The van der Waals surface area contributed by atoms with Crippen LogP contribution >= 0.6 is 0 Å². The maximum Gasteiger partial charge on any atom is -0.0105 e. The third kappa shape index (κ3) is 4.77. The monoisotopic (exact) mass is 230 g/mol. The zero-order valence-electron chi connectivity index (χ0n) is 12.0. The Balaban J connectivity index is 2.79. The molecule has 0 aliphatic heterocycles. The molecule has 0 spiro atoms. The normalized spacial score (nSPS) is 17.6. The summed E-state index contributed by atoms with van der Waals surface area (Å²) in [7, 11) is 0. The highest BCUT2D eigenvalue weighted by Crippen LogP contribution is 2.29. The molecule has 0 heterocycles. The van der Waals surface area contributed by atoms with E-state index in [1.807, 2.05) is 0 Å². The zero-order chi connectivity index (χ0) is 12.9. The van der Waals surface area contributed by atoms with Gasteiger partial charge in [-0.05, 0) is 37.2 Å². The van der Waals surface area contributed by atoms with Crippen LogP contribution in [0.2, 0.25) is 0 Å². The van der Waals surface area contributed by atoms with Crippen molar-refractivity contribution in [2.45, 2.75) is 53.9 Å². The summed E-state index contributed by atoms with van der Waals surface area (Å²) in [4.78, 5) is 0. The van der Waals surface area contributed by atoms with Gasteiger partial charge >= 0.3 is 0 Å². The van der Waals surface area contributed by atoms with Crippen LogP contribution in [0, 0.1) is 5.41 Å². The predicted octanol–water partition coefficient (Wildman–Crippen LogP) is 5.59. The second-order valence-electron chi connectivity index (χ2n) is 5.94. The molecule has 1 aliphatic rings. The third-order valence-corrected chi connectivity index (χ3v) is 3.10. The van der Waals surface area contributed by atoms with Gasteiger partial charge in [0.2, 0.25) is 0 Å². The molecule has 0 atom stereocenters. The molecule has 0 nitrogen and oxygen atoms in total. The number of rotatable bonds is 3. The van der Waals surface area contributed by atoms with Crippen LogP contribution in [0.5, 0.6) is 0 Å². The van der Waals surface area contributed by atoms with E-state index < -0.39 is 0 Å². The van der Waals surface area contributed by atoms with Crippen molar-refractivity contribution < 1.29 is 0 Å². The quantitative estimate of drug-likeness (QED) is 0.554. The van der Waals surface area contributed by atoms with Crippen molar-refractivity contribution in [2.75, 3.05) is 0 Å². The smallest absolute Gasteiger partial charge is 0.0105 e. The van der Waals surface area contributed by atoms with Crippen LogP contribution < -0.4 is 0 Å². The summed E-state index contributed by atoms with van der Waals surface area (Å²) in [5.74, 6) is 0. The molecule has 0 heteroatoms. The average Bonchev–Trinajstić information content (AvgIpc) is 2.42. The lowest BCUT2D eigenvalue weighted by Gasteiger charge is -2.19. The van der Waals surface area contributed by atoms with Crippen molar-refractivity contribution in [3.05, 3.63) is 47.1 Å². The lowest BCUT2D eigenvalue weighted by molar-refractivity contribution is 0.517. The molecule has 0 bridgehead atoms. The standard InChI is InChI=1S/C17H26/c1-6-8-14(2)13-15-9-7-10-16(12-11-15)17(3,4)5/h7-8,10-12H,6,9,13H2,1-5H3/b14-8-. The van der Waals surface area contributed by atoms with E-state index in [0.29, 0.717) is 0 Å². The van der Waals surface area contributed by atoms with Crippen LogP contribution in [0.1, 0.15) is 53.9 Å². The summed E-state index contributed by atoms with van der Waals surface area (Å²) in [6.07, 6.45) is 14.8. The van der Waals surface area contributed by atoms with Crippen molar-refractivity contribution in [3.8, 4) is 0 Å².